The van der Waals surface area contributed by atoms with E-state index in [4.69, 9.17) is 0 Å². The van der Waals surface area contributed by atoms with E-state index < -0.39 is 0 Å². The van der Waals surface area contributed by atoms with Crippen LogP contribution >= 0.6 is 0 Å². The molecule has 1 aliphatic rings. The lowest BCUT2D eigenvalue weighted by atomic mass is 9.91. The maximum Gasteiger partial charge on any atom is 0.116 e. The SMILES string of the molecule is Cn1ncc(-c2cccc(O)c2)c1CC1CCNCC1. The van der Waals surface area contributed by atoms with Crippen LogP contribution < -0.4 is 5.32 Å². The van der Waals surface area contributed by atoms with Crippen LogP contribution in [0, 0.1) is 5.92 Å². The summed E-state index contributed by atoms with van der Waals surface area (Å²) in [5.74, 6) is 1.03. The summed E-state index contributed by atoms with van der Waals surface area (Å²) in [5.41, 5.74) is 3.45. The van der Waals surface area contributed by atoms with Gasteiger partial charge in [0.1, 0.15) is 5.75 Å². The van der Waals surface area contributed by atoms with Gasteiger partial charge in [-0.2, -0.15) is 5.10 Å². The van der Waals surface area contributed by atoms with Gasteiger partial charge in [-0.1, -0.05) is 12.1 Å². The Bertz CT molecular complexity index is 585. The van der Waals surface area contributed by atoms with Crippen LogP contribution in [0.3, 0.4) is 0 Å². The highest BCUT2D eigenvalue weighted by Crippen LogP contribution is 2.29. The number of nitrogens with one attached hydrogen (secondary N) is 1. The van der Waals surface area contributed by atoms with E-state index in [1.807, 2.05) is 36.1 Å². The summed E-state index contributed by atoms with van der Waals surface area (Å²) in [6.45, 7) is 2.23. The highest BCUT2D eigenvalue weighted by Gasteiger charge is 2.18. The number of aromatic nitrogens is 2. The predicted molar refractivity (Wildman–Crippen MR) is 79.6 cm³/mol. The molecule has 0 atom stereocenters. The van der Waals surface area contributed by atoms with Crippen molar-refractivity contribution in [3.8, 4) is 16.9 Å². The van der Waals surface area contributed by atoms with Gasteiger partial charge < -0.3 is 10.4 Å². The molecule has 0 aliphatic carbocycles. The fourth-order valence-corrected chi connectivity index (χ4v) is 2.98. The zero-order valence-electron chi connectivity index (χ0n) is 11.8. The molecule has 106 valence electrons. The Labute approximate surface area is 119 Å². The number of aromatic hydroxyl groups is 1. The number of benzene rings is 1. The van der Waals surface area contributed by atoms with E-state index in [2.05, 4.69) is 10.4 Å². The van der Waals surface area contributed by atoms with Crippen molar-refractivity contribution < 1.29 is 5.11 Å². The quantitative estimate of drug-likeness (QED) is 0.901. The van der Waals surface area contributed by atoms with Crippen LogP contribution in [0.2, 0.25) is 0 Å². The van der Waals surface area contributed by atoms with Crippen molar-refractivity contribution >= 4 is 0 Å². The number of rotatable bonds is 3. The van der Waals surface area contributed by atoms with Gasteiger partial charge in [-0.3, -0.25) is 4.68 Å². The minimum Gasteiger partial charge on any atom is -0.508 e. The largest absolute Gasteiger partial charge is 0.508 e. The highest BCUT2D eigenvalue weighted by molar-refractivity contribution is 5.66. The van der Waals surface area contributed by atoms with Gasteiger partial charge in [0.15, 0.2) is 0 Å². The Kier molecular flexibility index (Phi) is 3.74. The Hall–Kier alpha value is -1.81. The van der Waals surface area contributed by atoms with E-state index in [0.717, 1.165) is 36.6 Å². The molecule has 2 aromatic rings. The molecule has 20 heavy (non-hydrogen) atoms. The second-order valence-corrected chi connectivity index (χ2v) is 5.58. The van der Waals surface area contributed by atoms with Crippen LogP contribution in [0.15, 0.2) is 30.5 Å². The van der Waals surface area contributed by atoms with E-state index in [9.17, 15) is 5.11 Å². The Morgan fingerprint density at radius 1 is 1.35 bits per heavy atom. The Morgan fingerprint density at radius 3 is 2.90 bits per heavy atom. The van der Waals surface area contributed by atoms with Gasteiger partial charge in [-0.25, -0.2) is 0 Å². The van der Waals surface area contributed by atoms with Crippen LogP contribution in [0.1, 0.15) is 18.5 Å². The minimum absolute atomic E-state index is 0.305. The molecule has 1 aliphatic heterocycles. The molecule has 2 N–H and O–H groups in total. The molecule has 0 amide bonds. The molecule has 0 radical (unpaired) electrons. The van der Waals surface area contributed by atoms with Crippen LogP contribution in [0.4, 0.5) is 0 Å². The normalized spacial score (nSPS) is 16.4. The van der Waals surface area contributed by atoms with Crippen LogP contribution in [0.25, 0.3) is 11.1 Å². The first-order valence-corrected chi connectivity index (χ1v) is 7.25. The molecule has 1 aromatic heterocycles. The number of phenolic OH excluding ortho intramolecular Hbond substituents is 1. The number of aryl methyl sites for hydroxylation is 1. The molecule has 3 rings (SSSR count). The van der Waals surface area contributed by atoms with Crippen molar-refractivity contribution in [1.82, 2.24) is 15.1 Å². The fraction of sp³-hybridized carbons (Fsp3) is 0.438. The average Bonchev–Trinajstić information content (AvgIpc) is 2.82. The summed E-state index contributed by atoms with van der Waals surface area (Å²) in [6, 6.07) is 7.42. The third kappa shape index (κ3) is 2.70. The van der Waals surface area contributed by atoms with Crippen molar-refractivity contribution in [3.63, 3.8) is 0 Å². The van der Waals surface area contributed by atoms with E-state index in [1.54, 1.807) is 6.07 Å². The van der Waals surface area contributed by atoms with Gasteiger partial charge in [-0.05, 0) is 56.0 Å². The first-order valence-electron chi connectivity index (χ1n) is 7.25. The molecule has 0 spiro atoms. The van der Waals surface area contributed by atoms with E-state index in [0.29, 0.717) is 5.75 Å². The summed E-state index contributed by atoms with van der Waals surface area (Å²) in [6.07, 6.45) is 5.42. The number of piperidine rings is 1. The number of nitrogens with zero attached hydrogens (tertiary/aromatic N) is 2. The number of hydrogen-bond donors (Lipinski definition) is 2. The first kappa shape index (κ1) is 13.2. The van der Waals surface area contributed by atoms with E-state index >= 15 is 0 Å². The van der Waals surface area contributed by atoms with Crippen molar-refractivity contribution in [2.45, 2.75) is 19.3 Å². The molecule has 1 aromatic carbocycles. The molecular formula is C16H21N3O. The average molecular weight is 271 g/mol. The summed E-state index contributed by atoms with van der Waals surface area (Å²) in [4.78, 5) is 0. The van der Waals surface area contributed by atoms with E-state index in [-0.39, 0.29) is 0 Å². The zero-order chi connectivity index (χ0) is 13.9. The fourth-order valence-electron chi connectivity index (χ4n) is 2.98. The smallest absolute Gasteiger partial charge is 0.116 e. The molecule has 0 bridgehead atoms. The monoisotopic (exact) mass is 271 g/mol. The zero-order valence-corrected chi connectivity index (χ0v) is 11.8. The molecule has 2 heterocycles. The lowest BCUT2D eigenvalue weighted by Gasteiger charge is -2.23. The topological polar surface area (TPSA) is 50.1 Å². The lowest BCUT2D eigenvalue weighted by Crippen LogP contribution is -2.29. The van der Waals surface area contributed by atoms with Crippen LogP contribution in [0.5, 0.6) is 5.75 Å². The van der Waals surface area contributed by atoms with Crippen molar-refractivity contribution in [3.05, 3.63) is 36.2 Å². The summed E-state index contributed by atoms with van der Waals surface area (Å²) >= 11 is 0. The van der Waals surface area contributed by atoms with Gasteiger partial charge in [0.05, 0.1) is 6.20 Å². The molecule has 4 nitrogen and oxygen atoms in total. The Balaban J connectivity index is 1.88. The van der Waals surface area contributed by atoms with Gasteiger partial charge >= 0.3 is 0 Å². The van der Waals surface area contributed by atoms with Crippen LogP contribution in [-0.4, -0.2) is 28.0 Å². The van der Waals surface area contributed by atoms with Crippen molar-refractivity contribution in [2.24, 2.45) is 13.0 Å². The molecule has 4 heteroatoms. The maximum atomic E-state index is 9.66. The van der Waals surface area contributed by atoms with Gasteiger partial charge in [0, 0.05) is 18.3 Å². The van der Waals surface area contributed by atoms with E-state index in [1.165, 1.54) is 18.5 Å². The predicted octanol–water partition coefficient (Wildman–Crippen LogP) is 2.33. The number of hydrogen-bond acceptors (Lipinski definition) is 3. The van der Waals surface area contributed by atoms with Gasteiger partial charge in [0.25, 0.3) is 0 Å². The maximum absolute atomic E-state index is 9.66. The minimum atomic E-state index is 0.305. The standard InChI is InChI=1S/C16H21N3O/c1-19-16(9-12-5-7-17-8-6-12)15(11-18-19)13-3-2-4-14(20)10-13/h2-4,10-12,17,20H,5-9H2,1H3. The second kappa shape index (κ2) is 5.67. The van der Waals surface area contributed by atoms with Gasteiger partial charge in [0.2, 0.25) is 0 Å². The molecular weight excluding hydrogens is 250 g/mol. The number of phenols is 1. The third-order valence-electron chi connectivity index (χ3n) is 4.16. The summed E-state index contributed by atoms with van der Waals surface area (Å²) in [7, 11) is 2.00. The highest BCUT2D eigenvalue weighted by atomic mass is 16.3. The van der Waals surface area contributed by atoms with Gasteiger partial charge in [-0.15, -0.1) is 0 Å². The molecule has 0 unspecified atom stereocenters. The second-order valence-electron chi connectivity index (χ2n) is 5.58. The molecule has 1 saturated heterocycles. The lowest BCUT2D eigenvalue weighted by molar-refractivity contribution is 0.366. The van der Waals surface area contributed by atoms with Crippen LogP contribution in [-0.2, 0) is 13.5 Å². The summed E-state index contributed by atoms with van der Waals surface area (Å²) < 4.78 is 1.97. The first-order chi connectivity index (χ1) is 9.74. The molecule has 0 saturated carbocycles. The van der Waals surface area contributed by atoms with Crippen molar-refractivity contribution in [1.29, 1.82) is 0 Å². The molecule has 1 fully saturated rings. The third-order valence-corrected chi connectivity index (χ3v) is 4.16. The Morgan fingerprint density at radius 2 is 2.15 bits per heavy atom. The van der Waals surface area contributed by atoms with Crippen molar-refractivity contribution in [2.75, 3.05) is 13.1 Å². The summed E-state index contributed by atoms with van der Waals surface area (Å²) in [5, 5.41) is 17.5.